The summed E-state index contributed by atoms with van der Waals surface area (Å²) < 4.78 is 0. The predicted octanol–water partition coefficient (Wildman–Crippen LogP) is 11.2. The van der Waals surface area contributed by atoms with Crippen LogP contribution in [0.3, 0.4) is 0 Å². The molecule has 0 saturated heterocycles. The maximum absolute atomic E-state index is 2.50. The zero-order valence-electron chi connectivity index (χ0n) is 26.6. The summed E-state index contributed by atoms with van der Waals surface area (Å²) in [5, 5.41) is 0. The molecule has 0 heterocycles. The molecule has 0 fully saturated rings. The lowest BCUT2D eigenvalue weighted by Crippen LogP contribution is -2.20. The molecular formula is C36H68N2. The van der Waals surface area contributed by atoms with Gasteiger partial charge in [-0.15, -0.1) is 0 Å². The van der Waals surface area contributed by atoms with Crippen LogP contribution in [0.1, 0.15) is 166 Å². The minimum atomic E-state index is 1.08. The molecule has 1 aromatic rings. The second-order valence-electron chi connectivity index (χ2n) is 12.4. The van der Waals surface area contributed by atoms with Crippen LogP contribution in [0.25, 0.3) is 0 Å². The van der Waals surface area contributed by atoms with E-state index in [9.17, 15) is 0 Å². The van der Waals surface area contributed by atoms with Crippen LogP contribution in [0.15, 0.2) is 24.3 Å². The second-order valence-corrected chi connectivity index (χ2v) is 12.4. The maximum atomic E-state index is 2.50. The molecule has 1 rings (SSSR count). The second kappa shape index (κ2) is 26.4. The Morgan fingerprint density at radius 3 is 0.868 bits per heavy atom. The van der Waals surface area contributed by atoms with Crippen molar-refractivity contribution in [2.45, 2.75) is 168 Å². The number of hydrogen-bond donors (Lipinski definition) is 0. The number of benzene rings is 1. The Morgan fingerprint density at radius 2 is 0.605 bits per heavy atom. The van der Waals surface area contributed by atoms with Gasteiger partial charge in [-0.1, -0.05) is 167 Å². The minimum Gasteiger partial charge on any atom is -0.302 e. The first-order chi connectivity index (χ1) is 18.7. The summed E-state index contributed by atoms with van der Waals surface area (Å²) in [6, 6.07) is 9.40. The van der Waals surface area contributed by atoms with Crippen molar-refractivity contribution in [2.75, 3.05) is 27.2 Å². The predicted molar refractivity (Wildman–Crippen MR) is 172 cm³/mol. The summed E-state index contributed by atoms with van der Waals surface area (Å²) in [6.45, 7) is 9.20. The van der Waals surface area contributed by atoms with Gasteiger partial charge in [0.2, 0.25) is 0 Å². The van der Waals surface area contributed by atoms with Gasteiger partial charge in [-0.25, -0.2) is 0 Å². The van der Waals surface area contributed by atoms with Crippen LogP contribution in [-0.2, 0) is 13.1 Å². The first-order valence-electron chi connectivity index (χ1n) is 17.1. The molecular weight excluding hydrogens is 460 g/mol. The van der Waals surface area contributed by atoms with Gasteiger partial charge in [0.15, 0.2) is 0 Å². The van der Waals surface area contributed by atoms with Crippen LogP contribution in [-0.4, -0.2) is 37.0 Å². The molecule has 0 amide bonds. The Bertz CT molecular complexity index is 543. The summed E-state index contributed by atoms with van der Waals surface area (Å²) >= 11 is 0. The third kappa shape index (κ3) is 22.0. The van der Waals surface area contributed by atoms with E-state index in [0.29, 0.717) is 0 Å². The average Bonchev–Trinajstić information content (AvgIpc) is 2.91. The highest BCUT2D eigenvalue weighted by Gasteiger charge is 2.04. The van der Waals surface area contributed by atoms with Crippen LogP contribution in [0, 0.1) is 0 Å². The van der Waals surface area contributed by atoms with Crippen molar-refractivity contribution in [1.29, 1.82) is 0 Å². The lowest BCUT2D eigenvalue weighted by Gasteiger charge is -2.18. The molecule has 222 valence electrons. The van der Waals surface area contributed by atoms with Crippen LogP contribution in [0.2, 0.25) is 0 Å². The molecule has 0 spiro atoms. The minimum absolute atomic E-state index is 1.08. The van der Waals surface area contributed by atoms with Crippen LogP contribution in [0.4, 0.5) is 0 Å². The van der Waals surface area contributed by atoms with E-state index in [-0.39, 0.29) is 0 Å². The quantitative estimate of drug-likeness (QED) is 0.0998. The largest absolute Gasteiger partial charge is 0.302 e. The van der Waals surface area contributed by atoms with Crippen LogP contribution in [0.5, 0.6) is 0 Å². The van der Waals surface area contributed by atoms with Crippen molar-refractivity contribution >= 4 is 0 Å². The van der Waals surface area contributed by atoms with Crippen LogP contribution >= 0.6 is 0 Å². The normalized spacial score (nSPS) is 11.7. The van der Waals surface area contributed by atoms with Crippen molar-refractivity contribution < 1.29 is 0 Å². The zero-order chi connectivity index (χ0) is 27.5. The van der Waals surface area contributed by atoms with Gasteiger partial charge in [-0.2, -0.15) is 0 Å². The molecule has 2 heteroatoms. The fourth-order valence-electron chi connectivity index (χ4n) is 5.62. The highest BCUT2D eigenvalue weighted by molar-refractivity contribution is 5.22. The Labute approximate surface area is 240 Å². The molecule has 0 N–H and O–H groups in total. The molecule has 0 saturated carbocycles. The summed E-state index contributed by atoms with van der Waals surface area (Å²) in [5.41, 5.74) is 2.90. The van der Waals surface area contributed by atoms with E-state index in [4.69, 9.17) is 0 Å². The zero-order valence-corrected chi connectivity index (χ0v) is 26.6. The van der Waals surface area contributed by atoms with Gasteiger partial charge in [-0.05, 0) is 51.2 Å². The Balaban J connectivity index is 2.00. The summed E-state index contributed by atoms with van der Waals surface area (Å²) in [4.78, 5) is 5.00. The van der Waals surface area contributed by atoms with E-state index in [0.717, 1.165) is 13.1 Å². The number of rotatable bonds is 28. The van der Waals surface area contributed by atoms with Gasteiger partial charge in [0.05, 0.1) is 0 Å². The van der Waals surface area contributed by atoms with E-state index in [1.165, 1.54) is 165 Å². The highest BCUT2D eigenvalue weighted by Crippen LogP contribution is 2.14. The van der Waals surface area contributed by atoms with Crippen molar-refractivity contribution in [3.8, 4) is 0 Å². The monoisotopic (exact) mass is 529 g/mol. The molecule has 0 aliphatic rings. The van der Waals surface area contributed by atoms with Crippen molar-refractivity contribution in [1.82, 2.24) is 9.80 Å². The van der Waals surface area contributed by atoms with E-state index in [1.807, 2.05) is 0 Å². The van der Waals surface area contributed by atoms with Gasteiger partial charge < -0.3 is 9.80 Å². The molecule has 0 unspecified atom stereocenters. The van der Waals surface area contributed by atoms with E-state index in [2.05, 4.69) is 62.0 Å². The third-order valence-corrected chi connectivity index (χ3v) is 8.21. The SMILES string of the molecule is CCCCCCCCCCCCCN(C)Cc1ccc(CN(C)CCCCCCCCCCCCC)cc1. The van der Waals surface area contributed by atoms with E-state index >= 15 is 0 Å². The molecule has 2 nitrogen and oxygen atoms in total. The fourth-order valence-corrected chi connectivity index (χ4v) is 5.62. The number of hydrogen-bond acceptors (Lipinski definition) is 2. The topological polar surface area (TPSA) is 6.48 Å². The van der Waals surface area contributed by atoms with Gasteiger partial charge in [0, 0.05) is 13.1 Å². The molecule has 0 radical (unpaired) electrons. The molecule has 0 atom stereocenters. The van der Waals surface area contributed by atoms with Gasteiger partial charge in [-0.3, -0.25) is 0 Å². The van der Waals surface area contributed by atoms with Crippen molar-refractivity contribution in [3.63, 3.8) is 0 Å². The Morgan fingerprint density at radius 1 is 0.368 bits per heavy atom. The van der Waals surface area contributed by atoms with E-state index < -0.39 is 0 Å². The molecule has 0 aliphatic carbocycles. The average molecular weight is 529 g/mol. The molecule has 0 aromatic heterocycles. The van der Waals surface area contributed by atoms with Gasteiger partial charge in [0.25, 0.3) is 0 Å². The first-order valence-corrected chi connectivity index (χ1v) is 17.1. The van der Waals surface area contributed by atoms with Crippen molar-refractivity contribution in [2.24, 2.45) is 0 Å². The maximum Gasteiger partial charge on any atom is 0.0230 e. The highest BCUT2D eigenvalue weighted by atomic mass is 15.1. The number of nitrogens with zero attached hydrogens (tertiary/aromatic N) is 2. The lowest BCUT2D eigenvalue weighted by molar-refractivity contribution is 0.314. The summed E-state index contributed by atoms with van der Waals surface area (Å²) in [6.07, 6.45) is 31.3. The lowest BCUT2D eigenvalue weighted by atomic mass is 10.1. The molecule has 1 aromatic carbocycles. The van der Waals surface area contributed by atoms with Gasteiger partial charge >= 0.3 is 0 Å². The summed E-state index contributed by atoms with van der Waals surface area (Å²) in [7, 11) is 4.57. The van der Waals surface area contributed by atoms with Gasteiger partial charge in [0.1, 0.15) is 0 Å². The molecule has 38 heavy (non-hydrogen) atoms. The van der Waals surface area contributed by atoms with Crippen molar-refractivity contribution in [3.05, 3.63) is 35.4 Å². The van der Waals surface area contributed by atoms with E-state index in [1.54, 1.807) is 0 Å². The third-order valence-electron chi connectivity index (χ3n) is 8.21. The standard InChI is InChI=1S/C36H68N2/c1-5-7-9-11-13-15-17-19-21-23-25-31-37(3)33-35-27-29-36(30-28-35)34-38(4)32-26-24-22-20-18-16-14-12-10-8-6-2/h27-30H,5-26,31-34H2,1-4H3. The first kappa shape index (κ1) is 35.2. The molecule has 0 aliphatic heterocycles. The smallest absolute Gasteiger partial charge is 0.0230 e. The Hall–Kier alpha value is -0.860. The number of unbranched alkanes of at least 4 members (excludes halogenated alkanes) is 20. The fraction of sp³-hybridized carbons (Fsp3) is 0.833. The van der Waals surface area contributed by atoms with Crippen LogP contribution < -0.4 is 0 Å². The molecule has 0 bridgehead atoms. The Kier molecular flexibility index (Phi) is 24.4. The summed E-state index contributed by atoms with van der Waals surface area (Å²) in [5.74, 6) is 0.